The number of carbonyl (C=O) groups is 2. The van der Waals surface area contributed by atoms with Crippen LogP contribution in [0.25, 0.3) is 0 Å². The van der Waals surface area contributed by atoms with Crippen LogP contribution in [0.5, 0.6) is 0 Å². The van der Waals surface area contributed by atoms with Crippen molar-refractivity contribution in [3.8, 4) is 0 Å². The van der Waals surface area contributed by atoms with Crippen LogP contribution in [-0.4, -0.2) is 33.1 Å². The molecule has 0 radical (unpaired) electrons. The number of H-pyrrole nitrogens is 1. The molecule has 1 saturated carbocycles. The van der Waals surface area contributed by atoms with Gasteiger partial charge in [-0.25, -0.2) is 4.79 Å². The van der Waals surface area contributed by atoms with Gasteiger partial charge in [0.15, 0.2) is 0 Å². The van der Waals surface area contributed by atoms with Crippen LogP contribution in [0.3, 0.4) is 0 Å². The van der Waals surface area contributed by atoms with Gasteiger partial charge in [-0.3, -0.25) is 23.9 Å². The highest BCUT2D eigenvalue weighted by atomic mass is 16.4. The molecule has 1 aromatic heterocycles. The second-order valence-electron chi connectivity index (χ2n) is 4.95. The first-order valence-corrected chi connectivity index (χ1v) is 6.23. The second-order valence-corrected chi connectivity index (χ2v) is 4.95. The van der Waals surface area contributed by atoms with Crippen molar-refractivity contribution < 1.29 is 14.7 Å². The highest BCUT2D eigenvalue weighted by molar-refractivity contribution is 5.79. The molecule has 20 heavy (non-hydrogen) atoms. The Labute approximate surface area is 113 Å². The van der Waals surface area contributed by atoms with E-state index in [1.165, 1.54) is 6.20 Å². The Balaban J connectivity index is 1.94. The van der Waals surface area contributed by atoms with Crippen molar-refractivity contribution in [2.45, 2.75) is 25.8 Å². The monoisotopic (exact) mass is 281 g/mol. The zero-order chi connectivity index (χ0) is 14.8. The average molecular weight is 281 g/mol. The molecule has 8 nitrogen and oxygen atoms in total. The van der Waals surface area contributed by atoms with Crippen molar-refractivity contribution in [3.63, 3.8) is 0 Å². The van der Waals surface area contributed by atoms with E-state index in [0.717, 1.165) is 17.1 Å². The molecule has 1 fully saturated rings. The molecule has 1 amide bonds. The summed E-state index contributed by atoms with van der Waals surface area (Å²) in [7, 11) is 0. The Hall–Kier alpha value is -2.38. The summed E-state index contributed by atoms with van der Waals surface area (Å²) in [6.45, 7) is -0.204. The molecule has 108 valence electrons. The summed E-state index contributed by atoms with van der Waals surface area (Å²) in [5, 5.41) is 11.6. The summed E-state index contributed by atoms with van der Waals surface area (Å²) in [5.74, 6) is -1.38. The van der Waals surface area contributed by atoms with Crippen molar-refractivity contribution in [3.05, 3.63) is 33.1 Å². The third kappa shape index (κ3) is 2.79. The Morgan fingerprint density at radius 3 is 2.60 bits per heavy atom. The minimum absolute atomic E-state index is 0.0548. The fourth-order valence-corrected chi connectivity index (χ4v) is 2.12. The molecule has 0 aromatic carbocycles. The molecule has 1 aliphatic carbocycles. The number of carboxylic acid groups (broad SMARTS) is 1. The quantitative estimate of drug-likeness (QED) is 0.633. The molecule has 3 N–H and O–H groups in total. The summed E-state index contributed by atoms with van der Waals surface area (Å²) in [5.41, 5.74) is -2.08. The molecule has 1 heterocycles. The van der Waals surface area contributed by atoms with E-state index in [9.17, 15) is 19.2 Å². The number of hydrogen-bond donors (Lipinski definition) is 3. The molecule has 0 atom stereocenters. The highest BCUT2D eigenvalue weighted by Crippen LogP contribution is 2.40. The molecule has 0 aliphatic heterocycles. The number of aromatic nitrogens is 2. The van der Waals surface area contributed by atoms with E-state index in [1.807, 2.05) is 4.98 Å². The minimum atomic E-state index is -0.912. The minimum Gasteiger partial charge on any atom is -0.481 e. The third-order valence-corrected chi connectivity index (χ3v) is 3.60. The number of carbonyl (C=O) groups excluding carboxylic acids is 1. The van der Waals surface area contributed by atoms with E-state index in [1.54, 1.807) is 0 Å². The lowest BCUT2D eigenvalue weighted by molar-refractivity contribution is -0.154. The molecule has 0 spiro atoms. The predicted octanol–water partition coefficient (Wildman–Crippen LogP) is -1.09. The molecule has 1 aliphatic rings. The summed E-state index contributed by atoms with van der Waals surface area (Å²) in [4.78, 5) is 47.1. The van der Waals surface area contributed by atoms with Gasteiger partial charge in [0.25, 0.3) is 5.56 Å². The molecule has 1 aromatic rings. The van der Waals surface area contributed by atoms with Gasteiger partial charge in [0.2, 0.25) is 5.91 Å². The Morgan fingerprint density at radius 2 is 2.10 bits per heavy atom. The van der Waals surface area contributed by atoms with Crippen LogP contribution in [0.1, 0.15) is 19.3 Å². The van der Waals surface area contributed by atoms with Crippen molar-refractivity contribution in [1.29, 1.82) is 0 Å². The van der Waals surface area contributed by atoms with E-state index in [0.29, 0.717) is 12.8 Å². The van der Waals surface area contributed by atoms with Crippen LogP contribution in [-0.2, 0) is 16.1 Å². The summed E-state index contributed by atoms with van der Waals surface area (Å²) >= 11 is 0. The third-order valence-electron chi connectivity index (χ3n) is 3.60. The largest absolute Gasteiger partial charge is 0.481 e. The number of nitrogens with one attached hydrogen (secondary N) is 2. The lowest BCUT2D eigenvalue weighted by Gasteiger charge is -2.37. The molecule has 8 heteroatoms. The molecular weight excluding hydrogens is 266 g/mol. The van der Waals surface area contributed by atoms with Gasteiger partial charge in [-0.05, 0) is 12.8 Å². The topological polar surface area (TPSA) is 121 Å². The van der Waals surface area contributed by atoms with E-state index in [2.05, 4.69) is 5.32 Å². The van der Waals surface area contributed by atoms with Crippen LogP contribution in [0.4, 0.5) is 0 Å². The number of carboxylic acids is 1. The first-order chi connectivity index (χ1) is 9.43. The van der Waals surface area contributed by atoms with Gasteiger partial charge in [0, 0.05) is 18.8 Å². The zero-order valence-corrected chi connectivity index (χ0v) is 10.7. The Morgan fingerprint density at radius 1 is 1.40 bits per heavy atom. The number of aromatic amines is 1. The van der Waals surface area contributed by atoms with Crippen molar-refractivity contribution in [1.82, 2.24) is 14.9 Å². The summed E-state index contributed by atoms with van der Waals surface area (Å²) in [6, 6.07) is 1.14. The fourth-order valence-electron chi connectivity index (χ4n) is 2.12. The predicted molar refractivity (Wildman–Crippen MR) is 68.3 cm³/mol. The van der Waals surface area contributed by atoms with Gasteiger partial charge in [0.1, 0.15) is 6.54 Å². The van der Waals surface area contributed by atoms with Crippen LogP contribution < -0.4 is 16.6 Å². The molecule has 0 bridgehead atoms. The SMILES string of the molecule is O=C(Cn1ccc(=O)[nH]c1=O)NCC1(C(=O)O)CCC1. The van der Waals surface area contributed by atoms with Gasteiger partial charge in [-0.2, -0.15) is 0 Å². The molecule has 2 rings (SSSR count). The van der Waals surface area contributed by atoms with Gasteiger partial charge >= 0.3 is 11.7 Å². The van der Waals surface area contributed by atoms with E-state index in [-0.39, 0.29) is 13.1 Å². The second kappa shape index (κ2) is 5.32. The zero-order valence-electron chi connectivity index (χ0n) is 10.7. The maximum atomic E-state index is 11.7. The van der Waals surface area contributed by atoms with Crippen molar-refractivity contribution >= 4 is 11.9 Å². The molecular formula is C12H15N3O5. The molecule has 0 unspecified atom stereocenters. The number of aliphatic carboxylic acids is 1. The van der Waals surface area contributed by atoms with Gasteiger partial charge in [-0.15, -0.1) is 0 Å². The number of hydrogen-bond acceptors (Lipinski definition) is 4. The summed E-state index contributed by atoms with van der Waals surface area (Å²) in [6.07, 6.45) is 3.14. The molecule has 0 saturated heterocycles. The van der Waals surface area contributed by atoms with E-state index < -0.39 is 28.5 Å². The van der Waals surface area contributed by atoms with Crippen LogP contribution in [0.15, 0.2) is 21.9 Å². The first-order valence-electron chi connectivity index (χ1n) is 6.23. The smallest absolute Gasteiger partial charge is 0.328 e. The van der Waals surface area contributed by atoms with Gasteiger partial charge < -0.3 is 10.4 Å². The van der Waals surface area contributed by atoms with Crippen LogP contribution >= 0.6 is 0 Å². The maximum Gasteiger partial charge on any atom is 0.328 e. The average Bonchev–Trinajstić information content (AvgIpc) is 2.31. The van der Waals surface area contributed by atoms with E-state index >= 15 is 0 Å². The number of rotatable bonds is 5. The lowest BCUT2D eigenvalue weighted by Crippen LogP contribution is -2.48. The normalized spacial score (nSPS) is 16.2. The van der Waals surface area contributed by atoms with Crippen LogP contribution in [0.2, 0.25) is 0 Å². The maximum absolute atomic E-state index is 11.7. The van der Waals surface area contributed by atoms with Gasteiger partial charge in [0.05, 0.1) is 5.41 Å². The standard InChI is InChI=1S/C12H15N3O5/c16-8-2-5-15(11(20)14-8)6-9(17)13-7-12(10(18)19)3-1-4-12/h2,5H,1,3-4,6-7H2,(H,13,17)(H,18,19)(H,14,16,20). The van der Waals surface area contributed by atoms with E-state index in [4.69, 9.17) is 5.11 Å². The van der Waals surface area contributed by atoms with Crippen molar-refractivity contribution in [2.24, 2.45) is 5.41 Å². The van der Waals surface area contributed by atoms with Crippen LogP contribution in [0, 0.1) is 5.41 Å². The van der Waals surface area contributed by atoms with Gasteiger partial charge in [-0.1, -0.05) is 6.42 Å². The fraction of sp³-hybridized carbons (Fsp3) is 0.500. The highest BCUT2D eigenvalue weighted by Gasteiger charge is 2.44. The lowest BCUT2D eigenvalue weighted by atomic mass is 9.69. The first kappa shape index (κ1) is 14.0. The van der Waals surface area contributed by atoms with Crippen molar-refractivity contribution in [2.75, 3.05) is 6.54 Å². The summed E-state index contributed by atoms with van der Waals surface area (Å²) < 4.78 is 1.05. The Kier molecular flexibility index (Phi) is 3.73. The number of amides is 1. The Bertz CT molecular complexity index is 641. The number of nitrogens with zero attached hydrogens (tertiary/aromatic N) is 1.